The molecule has 0 radical (unpaired) electrons. The molecule has 0 saturated heterocycles. The lowest BCUT2D eigenvalue weighted by atomic mass is 9.92. The second-order valence-corrected chi connectivity index (χ2v) is 8.01. The molecule has 0 fully saturated rings. The number of nitrogens with two attached hydrogens (primary N) is 1. The van der Waals surface area contributed by atoms with Gasteiger partial charge in [0.25, 0.3) is 0 Å². The molecule has 0 unspecified atom stereocenters. The second-order valence-electron chi connectivity index (χ2n) is 8.01. The molecule has 6 heteroatoms. The smallest absolute Gasteiger partial charge is 0.131 e. The Kier molecular flexibility index (Phi) is 16.8. The molecule has 0 spiro atoms. The molecule has 2 rings (SSSR count). The Hall–Kier alpha value is -2.99. The number of halogens is 1. The Labute approximate surface area is 214 Å². The molecule has 1 heterocycles. The highest BCUT2D eigenvalue weighted by Crippen LogP contribution is 2.29. The predicted octanol–water partition coefficient (Wildman–Crippen LogP) is 7.04. The largest absolute Gasteiger partial charge is 0.388 e. The van der Waals surface area contributed by atoms with Gasteiger partial charge in [0.2, 0.25) is 0 Å². The lowest BCUT2D eigenvalue weighted by Gasteiger charge is -2.18. The van der Waals surface area contributed by atoms with Crippen molar-refractivity contribution in [1.82, 2.24) is 15.1 Å². The number of aliphatic imine (C=N–C) groups is 1. The number of benzene rings is 1. The number of aromatic nitrogens is 2. The third-order valence-corrected chi connectivity index (χ3v) is 4.50. The van der Waals surface area contributed by atoms with Gasteiger partial charge in [-0.1, -0.05) is 70.5 Å². The van der Waals surface area contributed by atoms with Crippen molar-refractivity contribution in [1.29, 1.82) is 0 Å². The molecule has 0 aliphatic heterocycles. The van der Waals surface area contributed by atoms with Crippen LogP contribution < -0.4 is 11.1 Å². The number of nitrogens with one attached hydrogen (secondary N) is 1. The number of aryl methyl sites for hydroxylation is 1. The number of hydrogen-bond acceptors (Lipinski definition) is 4. The van der Waals surface area contributed by atoms with E-state index in [9.17, 15) is 4.39 Å². The van der Waals surface area contributed by atoms with E-state index in [4.69, 9.17) is 5.73 Å². The van der Waals surface area contributed by atoms with Crippen LogP contribution in [-0.2, 0) is 7.05 Å². The summed E-state index contributed by atoms with van der Waals surface area (Å²) in [5, 5.41) is 7.54. The fourth-order valence-electron chi connectivity index (χ4n) is 3.15. The van der Waals surface area contributed by atoms with E-state index >= 15 is 0 Å². The van der Waals surface area contributed by atoms with Crippen LogP contribution in [0.1, 0.15) is 74.4 Å². The maximum absolute atomic E-state index is 14.8. The number of hydrogen-bond donors (Lipinski definition) is 2. The first-order chi connectivity index (χ1) is 16.7. The fraction of sp³-hybridized carbons (Fsp3) is 0.448. The van der Waals surface area contributed by atoms with Crippen LogP contribution in [0.15, 0.2) is 65.1 Å². The molecule has 0 aliphatic carbocycles. The third kappa shape index (κ3) is 11.8. The molecule has 0 aliphatic rings. The summed E-state index contributed by atoms with van der Waals surface area (Å²) in [5.74, 6) is -0.277. The van der Waals surface area contributed by atoms with Crippen molar-refractivity contribution in [2.45, 2.75) is 67.9 Å². The second kappa shape index (κ2) is 18.4. The average Bonchev–Trinajstić information content (AvgIpc) is 3.24. The Morgan fingerprint density at radius 3 is 2.37 bits per heavy atom. The van der Waals surface area contributed by atoms with Gasteiger partial charge in [0, 0.05) is 55.4 Å². The van der Waals surface area contributed by atoms with Gasteiger partial charge in [-0.2, -0.15) is 5.10 Å². The van der Waals surface area contributed by atoms with Gasteiger partial charge < -0.3 is 11.1 Å². The zero-order valence-electron chi connectivity index (χ0n) is 23.2. The van der Waals surface area contributed by atoms with Crippen LogP contribution >= 0.6 is 0 Å². The summed E-state index contributed by atoms with van der Waals surface area (Å²) in [6.45, 7) is 17.4. The lowest BCUT2D eigenvalue weighted by Crippen LogP contribution is -2.21. The van der Waals surface area contributed by atoms with Crippen LogP contribution in [0.2, 0.25) is 0 Å². The number of rotatable bonds is 9. The molecule has 0 saturated carbocycles. The van der Waals surface area contributed by atoms with Crippen LogP contribution in [0.5, 0.6) is 0 Å². The molecule has 196 valence electrons. The van der Waals surface area contributed by atoms with Gasteiger partial charge in [-0.25, -0.2) is 4.39 Å². The van der Waals surface area contributed by atoms with Crippen LogP contribution in [-0.4, -0.2) is 34.6 Å². The number of nitrogens with zero attached hydrogens (tertiary/aromatic N) is 3. The van der Waals surface area contributed by atoms with Gasteiger partial charge >= 0.3 is 0 Å². The standard InChI is InChI=1S/C24H32FN5.C3H8.C2H6.H2/c1-6-27-18(3)24(19(4)28-14-17(2)26)22(21-11-7-8-13-23(21)25)12-9-10-20-15-29-30(5)16-20;1-3-2;1-2;/h7-13,15-17,27H,6,14,26H2,1-5H3;3H2,1-2H3;1-2H3;1H/b10-9?,22-12-,24-18+,28-19?;;;/t17-;;;/m1.../s1. The van der Waals surface area contributed by atoms with E-state index in [1.807, 2.05) is 79.1 Å². The zero-order chi connectivity index (χ0) is 26.8. The minimum atomic E-state index is -0.277. The Bertz CT molecular complexity index is 987. The van der Waals surface area contributed by atoms with Crippen LogP contribution in [0, 0.1) is 5.82 Å². The van der Waals surface area contributed by atoms with Crippen molar-refractivity contribution in [3.63, 3.8) is 0 Å². The molecule has 1 atom stereocenters. The summed E-state index contributed by atoms with van der Waals surface area (Å²) in [4.78, 5) is 4.67. The van der Waals surface area contributed by atoms with Crippen molar-refractivity contribution in [3.05, 3.63) is 77.0 Å². The van der Waals surface area contributed by atoms with Gasteiger partial charge in [0.1, 0.15) is 5.82 Å². The highest BCUT2D eigenvalue weighted by atomic mass is 19.1. The fourth-order valence-corrected chi connectivity index (χ4v) is 3.15. The quantitative estimate of drug-likeness (QED) is 0.296. The van der Waals surface area contributed by atoms with Crippen LogP contribution in [0.3, 0.4) is 0 Å². The first-order valence-electron chi connectivity index (χ1n) is 12.6. The molecular formula is C29H48FN5. The summed E-state index contributed by atoms with van der Waals surface area (Å²) < 4.78 is 16.5. The van der Waals surface area contributed by atoms with Crippen LogP contribution in [0.4, 0.5) is 4.39 Å². The van der Waals surface area contributed by atoms with E-state index in [1.165, 1.54) is 12.5 Å². The SMILES string of the molecule is CC.CCC.CCN/C(C)=C(C(C)=NC[C@@H](C)N)/C(=C\C=Cc1cnn(C)c1)c1ccccc1F.[HH]. The van der Waals surface area contributed by atoms with E-state index in [0.717, 1.165) is 34.7 Å². The Morgan fingerprint density at radius 2 is 1.86 bits per heavy atom. The normalized spacial score (nSPS) is 13.3. The molecular weight excluding hydrogens is 437 g/mol. The van der Waals surface area contributed by atoms with Gasteiger partial charge in [0.05, 0.1) is 12.7 Å². The van der Waals surface area contributed by atoms with Gasteiger partial charge in [-0.05, 0) is 39.3 Å². The van der Waals surface area contributed by atoms with Crippen molar-refractivity contribution in [2.24, 2.45) is 17.8 Å². The van der Waals surface area contributed by atoms with Crippen molar-refractivity contribution in [3.8, 4) is 0 Å². The summed E-state index contributed by atoms with van der Waals surface area (Å²) in [7, 11) is 1.87. The zero-order valence-corrected chi connectivity index (χ0v) is 23.2. The molecule has 3 N–H and O–H groups in total. The number of allylic oxidation sites excluding steroid dienone is 5. The van der Waals surface area contributed by atoms with Crippen LogP contribution in [0.25, 0.3) is 11.6 Å². The molecule has 0 bridgehead atoms. The maximum atomic E-state index is 14.8. The van der Waals surface area contributed by atoms with Gasteiger partial charge in [-0.15, -0.1) is 0 Å². The first-order valence-corrected chi connectivity index (χ1v) is 12.6. The van der Waals surface area contributed by atoms with E-state index < -0.39 is 0 Å². The monoisotopic (exact) mass is 485 g/mol. The van der Waals surface area contributed by atoms with Crippen molar-refractivity contribution in [2.75, 3.05) is 13.1 Å². The van der Waals surface area contributed by atoms with E-state index in [1.54, 1.807) is 23.0 Å². The van der Waals surface area contributed by atoms with E-state index in [0.29, 0.717) is 12.1 Å². The Balaban J connectivity index is 0. The minimum Gasteiger partial charge on any atom is -0.388 e. The van der Waals surface area contributed by atoms with Gasteiger partial charge in [0.15, 0.2) is 0 Å². The lowest BCUT2D eigenvalue weighted by molar-refractivity contribution is 0.624. The third-order valence-electron chi connectivity index (χ3n) is 4.50. The summed E-state index contributed by atoms with van der Waals surface area (Å²) in [6.07, 6.45) is 10.7. The predicted molar refractivity (Wildman–Crippen MR) is 154 cm³/mol. The molecule has 35 heavy (non-hydrogen) atoms. The maximum Gasteiger partial charge on any atom is 0.131 e. The summed E-state index contributed by atoms with van der Waals surface area (Å²) in [5.41, 5.74) is 10.8. The molecule has 1 aromatic heterocycles. The summed E-state index contributed by atoms with van der Waals surface area (Å²) in [6, 6.07) is 6.75. The molecule has 0 amide bonds. The minimum absolute atomic E-state index is 0. The highest BCUT2D eigenvalue weighted by Gasteiger charge is 2.17. The summed E-state index contributed by atoms with van der Waals surface area (Å²) >= 11 is 0. The van der Waals surface area contributed by atoms with E-state index in [-0.39, 0.29) is 13.3 Å². The Morgan fingerprint density at radius 1 is 1.23 bits per heavy atom. The molecule has 2 aromatic rings. The van der Waals surface area contributed by atoms with Crippen molar-refractivity contribution >= 4 is 17.4 Å². The van der Waals surface area contributed by atoms with Gasteiger partial charge in [-0.3, -0.25) is 9.67 Å². The topological polar surface area (TPSA) is 68.2 Å². The first kappa shape index (κ1) is 32.0. The molecule has 5 nitrogen and oxygen atoms in total. The van der Waals surface area contributed by atoms with E-state index in [2.05, 4.69) is 29.3 Å². The highest BCUT2D eigenvalue weighted by molar-refractivity contribution is 6.13. The average molecular weight is 486 g/mol. The molecule has 1 aromatic carbocycles. The van der Waals surface area contributed by atoms with Crippen molar-refractivity contribution < 1.29 is 5.82 Å².